The molecule has 1 heterocycles. The quantitative estimate of drug-likeness (QED) is 0.913. The zero-order chi connectivity index (χ0) is 14.0. The van der Waals surface area contributed by atoms with Crippen molar-refractivity contribution in [3.8, 4) is 0 Å². The van der Waals surface area contributed by atoms with Crippen molar-refractivity contribution in [3.63, 3.8) is 0 Å². The molecule has 2 N–H and O–H groups in total. The van der Waals surface area contributed by atoms with Gasteiger partial charge >= 0.3 is 6.18 Å². The SMILES string of the molecule is O[C@@H](CNc1nncc2cc(Cl)ccc12)C(F)(F)F. The molecule has 1 aromatic carbocycles. The van der Waals surface area contributed by atoms with Crippen molar-refractivity contribution < 1.29 is 18.3 Å². The van der Waals surface area contributed by atoms with Gasteiger partial charge in [-0.15, -0.1) is 5.10 Å². The number of aromatic nitrogens is 2. The summed E-state index contributed by atoms with van der Waals surface area (Å²) in [5.41, 5.74) is 0. The van der Waals surface area contributed by atoms with Crippen LogP contribution >= 0.6 is 11.6 Å². The highest BCUT2D eigenvalue weighted by atomic mass is 35.5. The van der Waals surface area contributed by atoms with Crippen molar-refractivity contribution in [2.45, 2.75) is 12.3 Å². The molecular weight excluding hydrogens is 283 g/mol. The van der Waals surface area contributed by atoms with Crippen LogP contribution in [0.15, 0.2) is 24.4 Å². The van der Waals surface area contributed by atoms with E-state index in [0.717, 1.165) is 0 Å². The minimum atomic E-state index is -4.67. The number of hydrogen-bond donors (Lipinski definition) is 2. The fraction of sp³-hybridized carbons (Fsp3) is 0.273. The summed E-state index contributed by atoms with van der Waals surface area (Å²) < 4.78 is 36.5. The van der Waals surface area contributed by atoms with Crippen molar-refractivity contribution in [1.29, 1.82) is 0 Å². The van der Waals surface area contributed by atoms with E-state index in [1.807, 2.05) is 0 Å². The molecule has 0 unspecified atom stereocenters. The maximum Gasteiger partial charge on any atom is 0.416 e. The number of nitrogens with zero attached hydrogens (tertiary/aromatic N) is 2. The molecule has 2 rings (SSSR count). The van der Waals surface area contributed by atoms with Gasteiger partial charge in [0.1, 0.15) is 0 Å². The van der Waals surface area contributed by atoms with Crippen molar-refractivity contribution in [2.24, 2.45) is 0 Å². The monoisotopic (exact) mass is 291 g/mol. The van der Waals surface area contributed by atoms with Crippen LogP contribution in [0.5, 0.6) is 0 Å². The van der Waals surface area contributed by atoms with Crippen molar-refractivity contribution in [3.05, 3.63) is 29.4 Å². The van der Waals surface area contributed by atoms with Crippen LogP contribution in [0, 0.1) is 0 Å². The Hall–Kier alpha value is -1.60. The fourth-order valence-corrected chi connectivity index (χ4v) is 1.68. The van der Waals surface area contributed by atoms with Gasteiger partial charge in [-0.05, 0) is 18.2 Å². The first-order valence-corrected chi connectivity index (χ1v) is 5.65. The number of aliphatic hydroxyl groups excluding tert-OH is 1. The van der Waals surface area contributed by atoms with Crippen LogP contribution < -0.4 is 5.32 Å². The average Bonchev–Trinajstić information content (AvgIpc) is 2.34. The number of rotatable bonds is 3. The highest BCUT2D eigenvalue weighted by Gasteiger charge is 2.37. The summed E-state index contributed by atoms with van der Waals surface area (Å²) >= 11 is 5.80. The van der Waals surface area contributed by atoms with Gasteiger partial charge in [0.25, 0.3) is 0 Å². The first-order chi connectivity index (χ1) is 8.88. The average molecular weight is 292 g/mol. The number of benzene rings is 1. The van der Waals surface area contributed by atoms with E-state index in [9.17, 15) is 13.2 Å². The van der Waals surface area contributed by atoms with E-state index in [2.05, 4.69) is 15.5 Å². The molecule has 0 radical (unpaired) electrons. The summed E-state index contributed by atoms with van der Waals surface area (Å²) in [6.07, 6.45) is -5.68. The maximum absolute atomic E-state index is 12.2. The molecule has 4 nitrogen and oxygen atoms in total. The molecule has 19 heavy (non-hydrogen) atoms. The van der Waals surface area contributed by atoms with Crippen LogP contribution in [0.2, 0.25) is 5.02 Å². The number of nitrogens with one attached hydrogen (secondary N) is 1. The van der Waals surface area contributed by atoms with Gasteiger partial charge in [0, 0.05) is 15.8 Å². The summed E-state index contributed by atoms with van der Waals surface area (Å²) in [5.74, 6) is 0.164. The standard InChI is InChI=1S/C11H9ClF3N3O/c12-7-1-2-8-6(3-7)4-17-18-10(8)16-5-9(19)11(13,14)15/h1-4,9,19H,5H2,(H,16,18)/t9-/m0/s1. The summed E-state index contributed by atoms with van der Waals surface area (Å²) in [6.45, 7) is -0.695. The summed E-state index contributed by atoms with van der Waals surface area (Å²) in [4.78, 5) is 0. The molecular formula is C11H9ClF3N3O. The summed E-state index contributed by atoms with van der Waals surface area (Å²) in [5, 5.41) is 20.4. The van der Waals surface area contributed by atoms with Crippen LogP contribution in [0.1, 0.15) is 0 Å². The Morgan fingerprint density at radius 2 is 2.11 bits per heavy atom. The third kappa shape index (κ3) is 3.24. The largest absolute Gasteiger partial charge is 0.416 e. The van der Waals surface area contributed by atoms with E-state index in [0.29, 0.717) is 15.8 Å². The van der Waals surface area contributed by atoms with Gasteiger partial charge in [0.05, 0.1) is 12.7 Å². The van der Waals surface area contributed by atoms with Crippen molar-refractivity contribution >= 4 is 28.2 Å². The molecule has 0 saturated heterocycles. The number of alkyl halides is 3. The molecule has 0 bridgehead atoms. The third-order valence-corrected chi connectivity index (χ3v) is 2.70. The predicted molar refractivity (Wildman–Crippen MR) is 65.1 cm³/mol. The normalized spacial score (nSPS) is 13.5. The van der Waals surface area contributed by atoms with E-state index in [-0.39, 0.29) is 5.82 Å². The lowest BCUT2D eigenvalue weighted by Gasteiger charge is -2.15. The Morgan fingerprint density at radius 1 is 1.37 bits per heavy atom. The molecule has 0 spiro atoms. The smallest absolute Gasteiger partial charge is 0.382 e. The first-order valence-electron chi connectivity index (χ1n) is 5.27. The Kier molecular flexibility index (Phi) is 3.77. The van der Waals surface area contributed by atoms with Crippen molar-refractivity contribution in [2.75, 3.05) is 11.9 Å². The van der Waals surface area contributed by atoms with Gasteiger partial charge in [0.2, 0.25) is 0 Å². The Morgan fingerprint density at radius 3 is 2.79 bits per heavy atom. The van der Waals surface area contributed by atoms with Crippen LogP contribution in [0.3, 0.4) is 0 Å². The van der Waals surface area contributed by atoms with Gasteiger partial charge in [-0.2, -0.15) is 18.3 Å². The molecule has 1 aromatic heterocycles. The van der Waals surface area contributed by atoms with Gasteiger partial charge in [-0.3, -0.25) is 0 Å². The molecule has 0 amide bonds. The van der Waals surface area contributed by atoms with Crippen molar-refractivity contribution in [1.82, 2.24) is 10.2 Å². The van der Waals surface area contributed by atoms with Crippen LogP contribution in [-0.4, -0.2) is 34.1 Å². The van der Waals surface area contributed by atoms with Crippen LogP contribution in [0.4, 0.5) is 19.0 Å². The maximum atomic E-state index is 12.2. The Labute approximate surface area is 111 Å². The van der Waals surface area contributed by atoms with E-state index in [1.54, 1.807) is 18.2 Å². The number of anilines is 1. The van der Waals surface area contributed by atoms with E-state index < -0.39 is 18.8 Å². The van der Waals surface area contributed by atoms with E-state index in [1.165, 1.54) is 6.20 Å². The number of halogens is 4. The third-order valence-electron chi connectivity index (χ3n) is 2.46. The van der Waals surface area contributed by atoms with E-state index in [4.69, 9.17) is 16.7 Å². The minimum absolute atomic E-state index is 0.164. The molecule has 2 aromatic rings. The summed E-state index contributed by atoms with van der Waals surface area (Å²) in [6, 6.07) is 4.84. The number of aliphatic hydroxyl groups is 1. The number of fused-ring (bicyclic) bond motifs is 1. The lowest BCUT2D eigenvalue weighted by atomic mass is 10.2. The summed E-state index contributed by atoms with van der Waals surface area (Å²) in [7, 11) is 0. The zero-order valence-electron chi connectivity index (χ0n) is 9.45. The molecule has 102 valence electrons. The van der Waals surface area contributed by atoms with Gasteiger partial charge in [-0.25, -0.2) is 0 Å². The zero-order valence-corrected chi connectivity index (χ0v) is 10.2. The molecule has 0 aliphatic rings. The molecule has 0 fully saturated rings. The van der Waals surface area contributed by atoms with E-state index >= 15 is 0 Å². The molecule has 0 aliphatic carbocycles. The lowest BCUT2D eigenvalue weighted by molar-refractivity contribution is -0.198. The first kappa shape index (κ1) is 13.8. The minimum Gasteiger partial charge on any atom is -0.382 e. The topological polar surface area (TPSA) is 58.0 Å². The Balaban J connectivity index is 2.22. The Bertz CT molecular complexity index is 591. The fourth-order valence-electron chi connectivity index (χ4n) is 1.50. The second-order valence-electron chi connectivity index (χ2n) is 3.86. The predicted octanol–water partition coefficient (Wildman–Crippen LogP) is 2.62. The van der Waals surface area contributed by atoms with Crippen LogP contribution in [-0.2, 0) is 0 Å². The molecule has 8 heteroatoms. The highest BCUT2D eigenvalue weighted by molar-refractivity contribution is 6.31. The lowest BCUT2D eigenvalue weighted by Crippen LogP contribution is -2.35. The molecule has 1 atom stereocenters. The molecule has 0 aliphatic heterocycles. The second kappa shape index (κ2) is 5.18. The van der Waals surface area contributed by atoms with Gasteiger partial charge in [-0.1, -0.05) is 11.6 Å². The second-order valence-corrected chi connectivity index (χ2v) is 4.30. The number of hydrogen-bond acceptors (Lipinski definition) is 4. The molecule has 0 saturated carbocycles. The van der Waals surface area contributed by atoms with Gasteiger partial charge < -0.3 is 10.4 Å². The highest BCUT2D eigenvalue weighted by Crippen LogP contribution is 2.24. The van der Waals surface area contributed by atoms with Gasteiger partial charge in [0.15, 0.2) is 11.9 Å². The van der Waals surface area contributed by atoms with Crippen LogP contribution in [0.25, 0.3) is 10.8 Å².